The minimum Gasteiger partial charge on any atom is -0.511 e. The van der Waals surface area contributed by atoms with Crippen molar-refractivity contribution >= 4 is 23.3 Å². The Kier molecular flexibility index (Phi) is 4.07. The lowest BCUT2D eigenvalue weighted by Gasteiger charge is -2.21. The molecule has 1 heterocycles. The van der Waals surface area contributed by atoms with Crippen LogP contribution in [0.15, 0.2) is 58.1 Å². The summed E-state index contributed by atoms with van der Waals surface area (Å²) in [5, 5.41) is 12.3. The number of aliphatic hydroxyl groups is 1. The molecule has 0 spiro atoms. The average Bonchev–Trinajstić information content (AvgIpc) is 3.23. The molecule has 2 aliphatic rings. The third-order valence-electron chi connectivity index (χ3n) is 4.87. The number of Topliss-reactive ketones (excluding diaryl/α,β-unsaturated/α-hetero) is 1. The van der Waals surface area contributed by atoms with Crippen LogP contribution in [0, 0.1) is 0 Å². The van der Waals surface area contributed by atoms with Crippen molar-refractivity contribution in [3.8, 4) is 0 Å². The number of hydrogen-bond donors (Lipinski definition) is 1. The first kappa shape index (κ1) is 15.3. The van der Waals surface area contributed by atoms with E-state index >= 15 is 0 Å². The number of aliphatic hydroxyl groups excluding tert-OH is 1. The highest BCUT2D eigenvalue weighted by Crippen LogP contribution is 2.35. The summed E-state index contributed by atoms with van der Waals surface area (Å²) in [7, 11) is 0. The number of benzene rings is 1. The molecule has 1 aromatic heterocycles. The normalized spacial score (nSPS) is 21.7. The van der Waals surface area contributed by atoms with Crippen molar-refractivity contribution in [3.63, 3.8) is 0 Å². The topological polar surface area (TPSA) is 49.7 Å². The molecule has 2 aromatic rings. The molecule has 0 saturated heterocycles. The van der Waals surface area contributed by atoms with E-state index in [4.69, 9.17) is 0 Å². The van der Waals surface area contributed by atoms with Crippen LogP contribution >= 0.6 is 11.3 Å². The number of hydrogen-bond acceptors (Lipinski definition) is 4. The summed E-state index contributed by atoms with van der Waals surface area (Å²) in [4.78, 5) is 18.2. The molecule has 2 aliphatic carbocycles. The highest BCUT2D eigenvalue weighted by Gasteiger charge is 2.28. The largest absolute Gasteiger partial charge is 0.511 e. The van der Waals surface area contributed by atoms with Gasteiger partial charge < -0.3 is 5.11 Å². The Labute approximate surface area is 145 Å². The lowest BCUT2D eigenvalue weighted by molar-refractivity contribution is -0.116. The van der Waals surface area contributed by atoms with Gasteiger partial charge in [-0.3, -0.25) is 9.79 Å². The van der Waals surface area contributed by atoms with Crippen molar-refractivity contribution in [2.75, 3.05) is 0 Å². The first-order chi connectivity index (χ1) is 11.7. The first-order valence-corrected chi connectivity index (χ1v) is 9.17. The van der Waals surface area contributed by atoms with Crippen LogP contribution in [0.1, 0.15) is 34.8 Å². The first-order valence-electron chi connectivity index (χ1n) is 8.29. The summed E-state index contributed by atoms with van der Waals surface area (Å²) < 4.78 is 0. The Hall–Kier alpha value is -2.20. The Bertz CT molecular complexity index is 795. The van der Waals surface area contributed by atoms with Gasteiger partial charge in [0, 0.05) is 29.9 Å². The van der Waals surface area contributed by atoms with E-state index in [2.05, 4.69) is 29.3 Å². The van der Waals surface area contributed by atoms with E-state index in [1.807, 2.05) is 17.5 Å². The summed E-state index contributed by atoms with van der Waals surface area (Å²) in [6.07, 6.45) is 4.41. The third-order valence-corrected chi connectivity index (χ3v) is 5.91. The number of carbonyl (C=O) groups excluding carboxylic acids is 1. The Morgan fingerprint density at radius 2 is 1.79 bits per heavy atom. The molecule has 4 rings (SSSR count). The zero-order valence-corrected chi connectivity index (χ0v) is 14.1. The zero-order valence-electron chi connectivity index (χ0n) is 13.3. The smallest absolute Gasteiger partial charge is 0.168 e. The van der Waals surface area contributed by atoms with Crippen molar-refractivity contribution < 1.29 is 9.90 Å². The lowest BCUT2D eigenvalue weighted by Crippen LogP contribution is -2.19. The zero-order chi connectivity index (χ0) is 16.5. The van der Waals surface area contributed by atoms with E-state index in [-0.39, 0.29) is 23.5 Å². The Morgan fingerprint density at radius 3 is 2.42 bits per heavy atom. The van der Waals surface area contributed by atoms with Crippen molar-refractivity contribution in [2.45, 2.75) is 37.6 Å². The molecule has 0 bridgehead atoms. The van der Waals surface area contributed by atoms with Crippen LogP contribution in [0.2, 0.25) is 0 Å². The summed E-state index contributed by atoms with van der Waals surface area (Å²) in [5.41, 5.74) is 3.08. The van der Waals surface area contributed by atoms with E-state index in [0.717, 1.165) is 17.7 Å². The number of carbonyl (C=O) groups is 1. The third kappa shape index (κ3) is 2.94. The second-order valence-electron chi connectivity index (χ2n) is 6.51. The van der Waals surface area contributed by atoms with Gasteiger partial charge in [-0.1, -0.05) is 30.3 Å². The molecule has 0 amide bonds. The fourth-order valence-electron chi connectivity index (χ4n) is 3.60. The molecule has 1 atom stereocenters. The van der Waals surface area contributed by atoms with Crippen molar-refractivity contribution in [3.05, 3.63) is 69.1 Å². The fraction of sp³-hybridized carbons (Fsp3) is 0.300. The molecular formula is C20H19NO2S. The van der Waals surface area contributed by atoms with Crippen molar-refractivity contribution in [1.82, 2.24) is 0 Å². The van der Waals surface area contributed by atoms with Crippen molar-refractivity contribution in [1.29, 1.82) is 0 Å². The van der Waals surface area contributed by atoms with Crippen LogP contribution in [-0.4, -0.2) is 23.1 Å². The van der Waals surface area contributed by atoms with Gasteiger partial charge in [-0.2, -0.15) is 0 Å². The van der Waals surface area contributed by atoms with E-state index < -0.39 is 0 Å². The maximum atomic E-state index is 12.4. The SMILES string of the molecule is O=C1CC(c2cccs2)CC(O)=C1C=NC1Cc2ccccc2C1. The van der Waals surface area contributed by atoms with Crippen LogP contribution < -0.4 is 0 Å². The standard InChI is InChI=1S/C20H19NO2S/c22-18-10-15(20-6-3-7-24-20)11-19(23)17(18)12-21-16-8-13-4-1-2-5-14(13)9-16/h1-7,12,15-16,22H,8-11H2. The predicted molar refractivity (Wildman–Crippen MR) is 97.1 cm³/mol. The number of rotatable bonds is 3. The van der Waals surface area contributed by atoms with Crippen LogP contribution in [0.5, 0.6) is 0 Å². The highest BCUT2D eigenvalue weighted by atomic mass is 32.1. The van der Waals surface area contributed by atoms with E-state index in [1.54, 1.807) is 17.6 Å². The summed E-state index contributed by atoms with van der Waals surface area (Å²) in [5.74, 6) is 0.283. The van der Waals surface area contributed by atoms with Gasteiger partial charge in [0.25, 0.3) is 0 Å². The van der Waals surface area contributed by atoms with Crippen LogP contribution in [0.3, 0.4) is 0 Å². The molecule has 24 heavy (non-hydrogen) atoms. The van der Waals surface area contributed by atoms with Crippen molar-refractivity contribution in [2.24, 2.45) is 4.99 Å². The molecule has 1 unspecified atom stereocenters. The van der Waals surface area contributed by atoms with Crippen LogP contribution in [0.4, 0.5) is 0 Å². The Balaban J connectivity index is 1.48. The van der Waals surface area contributed by atoms with Gasteiger partial charge in [0.15, 0.2) is 5.78 Å². The summed E-state index contributed by atoms with van der Waals surface area (Å²) in [6, 6.07) is 12.6. The van der Waals surface area contributed by atoms with E-state index in [9.17, 15) is 9.90 Å². The molecule has 0 aliphatic heterocycles. The highest BCUT2D eigenvalue weighted by molar-refractivity contribution is 7.10. The van der Waals surface area contributed by atoms with Gasteiger partial charge in [0.05, 0.1) is 11.6 Å². The molecule has 122 valence electrons. The van der Waals surface area contributed by atoms with Crippen LogP contribution in [-0.2, 0) is 17.6 Å². The minimum absolute atomic E-state index is 0.00332. The molecule has 3 nitrogen and oxygen atoms in total. The average molecular weight is 337 g/mol. The van der Waals surface area contributed by atoms with Gasteiger partial charge >= 0.3 is 0 Å². The molecule has 0 saturated carbocycles. The van der Waals surface area contributed by atoms with E-state index in [1.165, 1.54) is 11.1 Å². The predicted octanol–water partition coefficient (Wildman–Crippen LogP) is 4.24. The quantitative estimate of drug-likeness (QED) is 0.852. The van der Waals surface area contributed by atoms with Gasteiger partial charge in [-0.25, -0.2) is 0 Å². The lowest BCUT2D eigenvalue weighted by atomic mass is 9.86. The maximum absolute atomic E-state index is 12.4. The molecule has 0 radical (unpaired) electrons. The molecule has 0 fully saturated rings. The van der Waals surface area contributed by atoms with Gasteiger partial charge in [-0.05, 0) is 35.4 Å². The van der Waals surface area contributed by atoms with E-state index in [0.29, 0.717) is 18.4 Å². The van der Waals surface area contributed by atoms with Gasteiger partial charge in [-0.15, -0.1) is 11.3 Å². The number of fused-ring (bicyclic) bond motifs is 1. The monoisotopic (exact) mass is 337 g/mol. The molecule has 4 heteroatoms. The number of thiophene rings is 1. The second-order valence-corrected chi connectivity index (χ2v) is 7.49. The van der Waals surface area contributed by atoms with Crippen LogP contribution in [0.25, 0.3) is 0 Å². The number of ketones is 1. The number of allylic oxidation sites excluding steroid dienone is 2. The summed E-state index contributed by atoms with van der Waals surface area (Å²) >= 11 is 1.64. The minimum atomic E-state index is -0.00332. The number of nitrogens with zero attached hydrogens (tertiary/aromatic N) is 1. The molecule has 1 aromatic carbocycles. The molecule has 1 N–H and O–H groups in total. The van der Waals surface area contributed by atoms with Gasteiger partial charge in [0.2, 0.25) is 0 Å². The summed E-state index contributed by atoms with van der Waals surface area (Å²) in [6.45, 7) is 0. The Morgan fingerprint density at radius 1 is 1.04 bits per heavy atom. The van der Waals surface area contributed by atoms with Gasteiger partial charge in [0.1, 0.15) is 5.76 Å². The fourth-order valence-corrected chi connectivity index (χ4v) is 4.43. The maximum Gasteiger partial charge on any atom is 0.168 e. The second kappa shape index (κ2) is 6.36. The number of aliphatic imine (C=N–C) groups is 1. The molecular weight excluding hydrogens is 318 g/mol.